The summed E-state index contributed by atoms with van der Waals surface area (Å²) in [6, 6.07) is 0.0588. The molecule has 6 fully saturated rings. The number of likely N-dealkylation sites (tertiary alicyclic amines) is 1. The van der Waals surface area contributed by atoms with Crippen LogP contribution in [0.2, 0.25) is 0 Å². The summed E-state index contributed by atoms with van der Waals surface area (Å²) in [6.45, 7) is 7.43. The first kappa shape index (κ1) is 34.4. The van der Waals surface area contributed by atoms with Crippen molar-refractivity contribution in [1.29, 1.82) is 0 Å². The summed E-state index contributed by atoms with van der Waals surface area (Å²) in [7, 11) is 1.91. The Morgan fingerprint density at radius 3 is 2.45 bits per heavy atom. The van der Waals surface area contributed by atoms with Crippen LogP contribution in [-0.2, 0) is 9.53 Å². The van der Waals surface area contributed by atoms with Crippen molar-refractivity contribution >= 4 is 5.91 Å². The fourth-order valence-corrected chi connectivity index (χ4v) is 9.71. The van der Waals surface area contributed by atoms with Crippen LogP contribution in [0.15, 0.2) is 0 Å². The number of carbonyl (C=O) groups excluding carboxylic acids is 1. The molecule has 0 aromatic heterocycles. The van der Waals surface area contributed by atoms with E-state index < -0.39 is 24.0 Å². The molecule has 0 spiro atoms. The number of amides is 1. The highest BCUT2D eigenvalue weighted by atomic mass is 19.1. The van der Waals surface area contributed by atoms with E-state index in [9.17, 15) is 9.18 Å². The van der Waals surface area contributed by atoms with E-state index in [1.165, 1.54) is 12.8 Å². The molecule has 5 heterocycles. The van der Waals surface area contributed by atoms with Crippen LogP contribution in [0.3, 0.4) is 0 Å². The number of nitrogens with two attached hydrogens (primary N) is 3. The average molecular weight is 623 g/mol. The van der Waals surface area contributed by atoms with Crippen LogP contribution in [0, 0.1) is 23.2 Å². The SMILES string of the molecule is CCC12CCCC(F)CN(CC1)C(C(C(=O)NC1CNCCC1N1CCC(C(N)(OCNC)C3CCCC3)CC1)C(N)N)C2. The zero-order valence-corrected chi connectivity index (χ0v) is 27.6. The van der Waals surface area contributed by atoms with Gasteiger partial charge >= 0.3 is 0 Å². The van der Waals surface area contributed by atoms with Gasteiger partial charge in [0.15, 0.2) is 0 Å². The highest BCUT2D eigenvalue weighted by Gasteiger charge is 2.48. The molecule has 1 saturated carbocycles. The number of piperidine rings is 3. The minimum Gasteiger partial charge on any atom is -0.350 e. The summed E-state index contributed by atoms with van der Waals surface area (Å²) in [5, 5.41) is 10.1. The molecule has 9 N–H and O–H groups in total. The van der Waals surface area contributed by atoms with Gasteiger partial charge in [0.25, 0.3) is 0 Å². The van der Waals surface area contributed by atoms with E-state index in [0.717, 1.165) is 96.9 Å². The number of halogens is 1. The van der Waals surface area contributed by atoms with Crippen molar-refractivity contribution < 1.29 is 13.9 Å². The van der Waals surface area contributed by atoms with Crippen molar-refractivity contribution in [3.63, 3.8) is 0 Å². The largest absolute Gasteiger partial charge is 0.350 e. The van der Waals surface area contributed by atoms with Crippen LogP contribution in [0.1, 0.15) is 90.4 Å². The Kier molecular flexibility index (Phi) is 12.0. The first-order valence-electron chi connectivity index (χ1n) is 17.9. The molecule has 11 heteroatoms. The minimum atomic E-state index is -0.875. The first-order valence-corrected chi connectivity index (χ1v) is 17.9. The lowest BCUT2D eigenvalue weighted by molar-refractivity contribution is -0.140. The van der Waals surface area contributed by atoms with Crippen molar-refractivity contribution in [3.8, 4) is 0 Å². The molecule has 0 radical (unpaired) electrons. The van der Waals surface area contributed by atoms with E-state index in [-0.39, 0.29) is 29.4 Å². The van der Waals surface area contributed by atoms with Gasteiger partial charge in [-0.25, -0.2) is 4.39 Å². The number of alkyl halides is 1. The Morgan fingerprint density at radius 1 is 1.05 bits per heavy atom. The molecule has 5 saturated heterocycles. The van der Waals surface area contributed by atoms with Gasteiger partial charge in [0, 0.05) is 37.0 Å². The molecule has 2 bridgehead atoms. The highest BCUT2D eigenvalue weighted by molar-refractivity contribution is 5.80. The summed E-state index contributed by atoms with van der Waals surface area (Å²) < 4.78 is 21.3. The van der Waals surface area contributed by atoms with Gasteiger partial charge in [0.1, 0.15) is 11.9 Å². The van der Waals surface area contributed by atoms with Crippen molar-refractivity contribution in [2.24, 2.45) is 40.4 Å². The third-order valence-corrected chi connectivity index (χ3v) is 12.4. The molecule has 44 heavy (non-hydrogen) atoms. The molecule has 1 amide bonds. The van der Waals surface area contributed by atoms with Crippen molar-refractivity contribution in [2.45, 2.75) is 127 Å². The number of hydrogen-bond donors (Lipinski definition) is 6. The maximum Gasteiger partial charge on any atom is 0.227 e. The number of fused-ring (bicyclic) bond motifs is 6. The van der Waals surface area contributed by atoms with Crippen LogP contribution >= 0.6 is 0 Å². The van der Waals surface area contributed by atoms with Gasteiger partial charge in [-0.05, 0) is 103 Å². The summed E-state index contributed by atoms with van der Waals surface area (Å²) in [5.41, 5.74) is 19.5. The van der Waals surface area contributed by atoms with Crippen LogP contribution in [0.25, 0.3) is 0 Å². The molecule has 10 nitrogen and oxygen atoms in total. The quantitative estimate of drug-likeness (QED) is 0.190. The molecule has 8 unspecified atom stereocenters. The second-order valence-corrected chi connectivity index (χ2v) is 14.9. The lowest BCUT2D eigenvalue weighted by atomic mass is 9.68. The van der Waals surface area contributed by atoms with Crippen LogP contribution in [0.4, 0.5) is 4.39 Å². The molecular formula is C33H63FN8O2. The number of rotatable bonds is 11. The fourth-order valence-electron chi connectivity index (χ4n) is 9.71. The second-order valence-electron chi connectivity index (χ2n) is 14.9. The summed E-state index contributed by atoms with van der Waals surface area (Å²) in [4.78, 5) is 18.9. The first-order chi connectivity index (χ1) is 21.2. The Morgan fingerprint density at radius 2 is 1.77 bits per heavy atom. The average Bonchev–Trinajstić information content (AvgIpc) is 3.60. The number of ether oxygens (including phenoxy) is 1. The van der Waals surface area contributed by atoms with Crippen molar-refractivity contribution in [3.05, 3.63) is 0 Å². The highest BCUT2D eigenvalue weighted by Crippen LogP contribution is 2.46. The monoisotopic (exact) mass is 623 g/mol. The fraction of sp³-hybridized carbons (Fsp3) is 0.970. The molecule has 0 aromatic rings. The topological polar surface area (TPSA) is 147 Å². The lowest BCUT2D eigenvalue weighted by Crippen LogP contribution is -2.66. The van der Waals surface area contributed by atoms with Crippen LogP contribution < -0.4 is 33.2 Å². The van der Waals surface area contributed by atoms with Gasteiger partial charge < -0.3 is 32.6 Å². The maximum absolute atomic E-state index is 15.0. The van der Waals surface area contributed by atoms with E-state index in [1.54, 1.807) is 0 Å². The van der Waals surface area contributed by atoms with Gasteiger partial charge in [0.05, 0.1) is 24.9 Å². The molecule has 6 rings (SSSR count). The normalized spacial score (nSPS) is 36.8. The molecule has 1 aliphatic carbocycles. The van der Waals surface area contributed by atoms with Crippen LogP contribution in [-0.4, -0.2) is 105 Å². The van der Waals surface area contributed by atoms with Gasteiger partial charge in [-0.15, -0.1) is 0 Å². The number of nitrogens with zero attached hydrogens (tertiary/aromatic N) is 2. The lowest BCUT2D eigenvalue weighted by Gasteiger charge is -2.50. The maximum atomic E-state index is 15.0. The Balaban J connectivity index is 1.26. The zero-order valence-electron chi connectivity index (χ0n) is 27.6. The summed E-state index contributed by atoms with van der Waals surface area (Å²) in [5.74, 6) is 0.0859. The predicted molar refractivity (Wildman–Crippen MR) is 173 cm³/mol. The van der Waals surface area contributed by atoms with Gasteiger partial charge in [-0.1, -0.05) is 26.2 Å². The minimum absolute atomic E-state index is 0.0374. The molecular weight excluding hydrogens is 559 g/mol. The van der Waals surface area contributed by atoms with Gasteiger partial charge in [0.2, 0.25) is 5.91 Å². The summed E-state index contributed by atoms with van der Waals surface area (Å²) in [6.07, 6.45) is 11.5. The number of hydrogen-bond acceptors (Lipinski definition) is 9. The smallest absolute Gasteiger partial charge is 0.227 e. The molecule has 6 aliphatic rings. The van der Waals surface area contributed by atoms with E-state index in [4.69, 9.17) is 21.9 Å². The molecule has 8 atom stereocenters. The molecule has 254 valence electrons. The third-order valence-electron chi connectivity index (χ3n) is 12.4. The van der Waals surface area contributed by atoms with E-state index >= 15 is 0 Å². The van der Waals surface area contributed by atoms with Crippen LogP contribution in [0.5, 0.6) is 0 Å². The Labute approximate surface area is 265 Å². The molecule has 5 aliphatic heterocycles. The van der Waals surface area contributed by atoms with E-state index in [2.05, 4.69) is 32.7 Å². The van der Waals surface area contributed by atoms with Crippen molar-refractivity contribution in [1.82, 2.24) is 25.8 Å². The third kappa shape index (κ3) is 7.62. The van der Waals surface area contributed by atoms with Gasteiger partial charge in [-0.2, -0.15) is 0 Å². The van der Waals surface area contributed by atoms with E-state index in [0.29, 0.717) is 31.5 Å². The number of nitrogens with one attached hydrogen (secondary N) is 3. The van der Waals surface area contributed by atoms with E-state index in [1.807, 2.05) is 7.05 Å². The number of carbonyl (C=O) groups is 1. The zero-order chi connectivity index (χ0) is 31.3. The van der Waals surface area contributed by atoms with Crippen molar-refractivity contribution in [2.75, 3.05) is 53.0 Å². The Bertz CT molecular complexity index is 916. The standard InChI is InChI=1S/C33H63FN8O2/c1-3-32-13-6-9-25(34)21-42(18-14-32)28(19-32)29(30(35)36)31(43)40-26-20-39-15-10-27(26)41-16-11-24(12-17-41)33(37,44-22-38-2)23-7-4-5-8-23/h23-30,38-39H,3-22,35-37H2,1-2H3,(H,40,43). The molecule has 0 aromatic carbocycles. The second kappa shape index (κ2) is 15.3. The Hall–Kier alpha value is -0.920. The van der Waals surface area contributed by atoms with Gasteiger partial charge in [-0.3, -0.25) is 19.9 Å². The summed E-state index contributed by atoms with van der Waals surface area (Å²) >= 11 is 0. The predicted octanol–water partition coefficient (Wildman–Crippen LogP) is 1.83.